The topological polar surface area (TPSA) is 70.8 Å². The average Bonchev–Trinajstić information content (AvgIpc) is 2.38. The lowest BCUT2D eigenvalue weighted by atomic mass is 10.2. The molecule has 7 heteroatoms. The Labute approximate surface area is 114 Å². The maximum Gasteiger partial charge on any atom is 0.185 e. The molecule has 0 fully saturated rings. The van der Waals surface area contributed by atoms with Crippen molar-refractivity contribution in [1.82, 2.24) is 4.98 Å². The molecule has 20 heavy (non-hydrogen) atoms. The van der Waals surface area contributed by atoms with Crippen LogP contribution in [-0.4, -0.2) is 13.4 Å². The summed E-state index contributed by atoms with van der Waals surface area (Å²) in [5.41, 5.74) is 0.123. The SMILES string of the molecule is N#Cc1ncccc1CS(=O)(=O)c1ccc(F)cc1F. The molecule has 0 bridgehead atoms. The van der Waals surface area contributed by atoms with Gasteiger partial charge in [0.1, 0.15) is 28.3 Å². The van der Waals surface area contributed by atoms with E-state index in [1.54, 1.807) is 6.07 Å². The van der Waals surface area contributed by atoms with Gasteiger partial charge in [-0.2, -0.15) is 5.26 Å². The Balaban J connectivity index is 2.44. The Hall–Kier alpha value is -2.33. The summed E-state index contributed by atoms with van der Waals surface area (Å²) in [4.78, 5) is 3.13. The number of sulfone groups is 1. The Morgan fingerprint density at radius 3 is 2.65 bits per heavy atom. The van der Waals surface area contributed by atoms with Crippen molar-refractivity contribution in [2.45, 2.75) is 10.6 Å². The van der Waals surface area contributed by atoms with Crippen LogP contribution in [0.4, 0.5) is 8.78 Å². The van der Waals surface area contributed by atoms with Gasteiger partial charge in [0.2, 0.25) is 0 Å². The van der Waals surface area contributed by atoms with E-state index in [2.05, 4.69) is 4.98 Å². The van der Waals surface area contributed by atoms with Gasteiger partial charge in [0, 0.05) is 17.8 Å². The highest BCUT2D eigenvalue weighted by Crippen LogP contribution is 2.21. The zero-order valence-corrected chi connectivity index (χ0v) is 10.9. The van der Waals surface area contributed by atoms with Gasteiger partial charge < -0.3 is 0 Å². The van der Waals surface area contributed by atoms with Gasteiger partial charge in [0.25, 0.3) is 0 Å². The van der Waals surface area contributed by atoms with Crippen LogP contribution in [0.25, 0.3) is 0 Å². The number of rotatable bonds is 3. The average molecular weight is 294 g/mol. The van der Waals surface area contributed by atoms with E-state index >= 15 is 0 Å². The number of hydrogen-bond donors (Lipinski definition) is 0. The molecule has 0 atom stereocenters. The lowest BCUT2D eigenvalue weighted by Gasteiger charge is -2.06. The molecule has 0 saturated carbocycles. The van der Waals surface area contributed by atoms with Crippen LogP contribution in [-0.2, 0) is 15.6 Å². The number of pyridine rings is 1. The van der Waals surface area contributed by atoms with Crippen molar-refractivity contribution in [3.05, 3.63) is 59.4 Å². The van der Waals surface area contributed by atoms with Crippen LogP contribution in [0.2, 0.25) is 0 Å². The monoisotopic (exact) mass is 294 g/mol. The van der Waals surface area contributed by atoms with Crippen LogP contribution in [0.15, 0.2) is 41.4 Å². The number of benzene rings is 1. The molecule has 0 aliphatic heterocycles. The second kappa shape index (κ2) is 5.35. The third-order valence-electron chi connectivity index (χ3n) is 2.57. The predicted molar refractivity (Wildman–Crippen MR) is 66.2 cm³/mol. The third-order valence-corrected chi connectivity index (χ3v) is 4.26. The lowest BCUT2D eigenvalue weighted by molar-refractivity contribution is 0.548. The maximum absolute atomic E-state index is 13.5. The molecule has 2 rings (SSSR count). The molecule has 1 aromatic heterocycles. The molecule has 0 unspecified atom stereocenters. The fourth-order valence-electron chi connectivity index (χ4n) is 1.67. The summed E-state index contributed by atoms with van der Waals surface area (Å²) in [6.45, 7) is 0. The summed E-state index contributed by atoms with van der Waals surface area (Å²) in [6.07, 6.45) is 1.35. The van der Waals surface area contributed by atoms with Crippen LogP contribution >= 0.6 is 0 Å². The molecule has 0 aliphatic carbocycles. The molecule has 2 aromatic rings. The van der Waals surface area contributed by atoms with Crippen molar-refractivity contribution >= 4 is 9.84 Å². The molecule has 1 heterocycles. The van der Waals surface area contributed by atoms with Gasteiger partial charge in [-0.1, -0.05) is 6.07 Å². The molecular weight excluding hydrogens is 286 g/mol. The number of aromatic nitrogens is 1. The summed E-state index contributed by atoms with van der Waals surface area (Å²) >= 11 is 0. The lowest BCUT2D eigenvalue weighted by Crippen LogP contribution is -2.09. The smallest absolute Gasteiger partial charge is 0.185 e. The molecule has 0 radical (unpaired) electrons. The minimum Gasteiger partial charge on any atom is -0.245 e. The normalized spacial score (nSPS) is 11.1. The molecule has 1 aromatic carbocycles. The summed E-state index contributed by atoms with van der Waals surface area (Å²) in [7, 11) is -4.03. The van der Waals surface area contributed by atoms with Crippen LogP contribution in [0.5, 0.6) is 0 Å². The minimum atomic E-state index is -4.03. The fraction of sp³-hybridized carbons (Fsp3) is 0.0769. The molecule has 0 amide bonds. The first-order chi connectivity index (χ1) is 9.44. The zero-order chi connectivity index (χ0) is 14.8. The standard InChI is InChI=1S/C13H8F2N2O2S/c14-10-3-4-13(11(15)6-10)20(18,19)8-9-2-1-5-17-12(9)7-16/h1-6H,8H2. The van der Waals surface area contributed by atoms with Gasteiger partial charge in [-0.25, -0.2) is 22.2 Å². The van der Waals surface area contributed by atoms with E-state index < -0.39 is 32.1 Å². The van der Waals surface area contributed by atoms with Crippen LogP contribution in [0.1, 0.15) is 11.3 Å². The van der Waals surface area contributed by atoms with Crippen molar-refractivity contribution in [1.29, 1.82) is 5.26 Å². The van der Waals surface area contributed by atoms with Crippen LogP contribution in [0.3, 0.4) is 0 Å². The molecule has 0 aliphatic rings. The summed E-state index contributed by atoms with van der Waals surface area (Å²) < 4.78 is 50.5. The van der Waals surface area contributed by atoms with Gasteiger partial charge in [-0.3, -0.25) is 0 Å². The molecule has 0 spiro atoms. The highest BCUT2D eigenvalue weighted by molar-refractivity contribution is 7.90. The first-order valence-electron chi connectivity index (χ1n) is 5.46. The van der Waals surface area contributed by atoms with E-state index in [0.29, 0.717) is 6.07 Å². The van der Waals surface area contributed by atoms with Gasteiger partial charge in [0.15, 0.2) is 9.84 Å². The van der Waals surface area contributed by atoms with Gasteiger partial charge in [-0.15, -0.1) is 0 Å². The van der Waals surface area contributed by atoms with Gasteiger partial charge in [-0.05, 0) is 18.2 Å². The molecule has 4 nitrogen and oxygen atoms in total. The number of nitriles is 1. The van der Waals surface area contributed by atoms with Crippen molar-refractivity contribution in [3.63, 3.8) is 0 Å². The van der Waals surface area contributed by atoms with Crippen LogP contribution < -0.4 is 0 Å². The zero-order valence-electron chi connectivity index (χ0n) is 10.0. The molecule has 102 valence electrons. The van der Waals surface area contributed by atoms with E-state index in [-0.39, 0.29) is 11.3 Å². The van der Waals surface area contributed by atoms with Gasteiger partial charge in [0.05, 0.1) is 5.75 Å². The largest absolute Gasteiger partial charge is 0.245 e. The Bertz CT molecular complexity index is 798. The first-order valence-corrected chi connectivity index (χ1v) is 7.11. The minimum absolute atomic E-state index is 0.0430. The molecule has 0 N–H and O–H groups in total. The highest BCUT2D eigenvalue weighted by Gasteiger charge is 2.22. The second-order valence-electron chi connectivity index (χ2n) is 3.96. The van der Waals surface area contributed by atoms with E-state index in [0.717, 1.165) is 12.1 Å². The Morgan fingerprint density at radius 1 is 1.25 bits per heavy atom. The first kappa shape index (κ1) is 14.1. The van der Waals surface area contributed by atoms with Crippen molar-refractivity contribution < 1.29 is 17.2 Å². The second-order valence-corrected chi connectivity index (χ2v) is 5.91. The van der Waals surface area contributed by atoms with Crippen molar-refractivity contribution in [2.24, 2.45) is 0 Å². The van der Waals surface area contributed by atoms with E-state index in [1.165, 1.54) is 18.3 Å². The summed E-state index contributed by atoms with van der Waals surface area (Å²) in [5, 5.41) is 8.85. The summed E-state index contributed by atoms with van der Waals surface area (Å²) in [5.74, 6) is -2.60. The third kappa shape index (κ3) is 2.81. The van der Waals surface area contributed by atoms with Crippen LogP contribution in [0, 0.1) is 23.0 Å². The van der Waals surface area contributed by atoms with Gasteiger partial charge >= 0.3 is 0 Å². The van der Waals surface area contributed by atoms with Crippen molar-refractivity contribution in [3.8, 4) is 6.07 Å². The Kier molecular flexibility index (Phi) is 3.77. The number of hydrogen-bond acceptors (Lipinski definition) is 4. The van der Waals surface area contributed by atoms with Crippen molar-refractivity contribution in [2.75, 3.05) is 0 Å². The highest BCUT2D eigenvalue weighted by atomic mass is 32.2. The fourth-order valence-corrected chi connectivity index (χ4v) is 3.09. The molecule has 0 saturated heterocycles. The van der Waals surface area contributed by atoms with E-state index in [4.69, 9.17) is 5.26 Å². The number of halogens is 2. The Morgan fingerprint density at radius 2 is 2.00 bits per heavy atom. The van der Waals surface area contributed by atoms with E-state index in [1.807, 2.05) is 0 Å². The quantitative estimate of drug-likeness (QED) is 0.814. The maximum atomic E-state index is 13.5. The predicted octanol–water partition coefficient (Wildman–Crippen LogP) is 2.21. The van der Waals surface area contributed by atoms with E-state index in [9.17, 15) is 17.2 Å². The summed E-state index contributed by atoms with van der Waals surface area (Å²) in [6, 6.07) is 6.89. The molecular formula is C13H8F2N2O2S. The number of nitrogens with zero attached hydrogens (tertiary/aromatic N) is 2.